The third-order valence-corrected chi connectivity index (χ3v) is 12.9. The SMILES string of the molecule is O=P(O)(O)C(Cl)(Cl)P(=O)(O)C(Cl)(Cl)P(=O)(O)O. The van der Waals surface area contributed by atoms with Gasteiger partial charge in [-0.25, -0.2) is 0 Å². The summed E-state index contributed by atoms with van der Waals surface area (Å²) in [7, 11) is -17.1. The summed E-state index contributed by atoms with van der Waals surface area (Å²) in [6.07, 6.45) is 0. The Morgan fingerprint density at radius 3 is 0.941 bits per heavy atom. The molecule has 0 bridgehead atoms. The highest BCUT2D eigenvalue weighted by atomic mass is 35.5. The lowest BCUT2D eigenvalue weighted by Gasteiger charge is -2.33. The molecule has 0 fully saturated rings. The van der Waals surface area contributed by atoms with Crippen LogP contribution in [0.1, 0.15) is 0 Å². The van der Waals surface area contributed by atoms with Crippen LogP contribution in [-0.2, 0) is 13.7 Å². The number of hydrogen-bond donors (Lipinski definition) is 5. The Bertz CT molecular complexity index is 408. The van der Waals surface area contributed by atoms with Crippen LogP contribution in [0.25, 0.3) is 0 Å². The first-order valence-electron chi connectivity index (χ1n) is 3.20. The molecule has 0 saturated carbocycles. The molecule has 104 valence electrons. The van der Waals surface area contributed by atoms with E-state index in [1.54, 1.807) is 0 Å². The summed E-state index contributed by atoms with van der Waals surface area (Å²) in [6, 6.07) is 0. The highest BCUT2D eigenvalue weighted by molar-refractivity contribution is 7.91. The second-order valence-corrected chi connectivity index (χ2v) is 14.2. The Labute approximate surface area is 115 Å². The number of rotatable bonds is 4. The molecule has 0 aliphatic carbocycles. The van der Waals surface area contributed by atoms with Crippen LogP contribution in [-0.4, -0.2) is 32.1 Å². The van der Waals surface area contributed by atoms with Crippen molar-refractivity contribution in [2.24, 2.45) is 0 Å². The molecule has 0 aliphatic rings. The molecule has 0 heterocycles. The first kappa shape index (κ1) is 18.7. The van der Waals surface area contributed by atoms with Gasteiger partial charge in [-0.15, -0.1) is 0 Å². The molecule has 0 saturated heterocycles. The lowest BCUT2D eigenvalue weighted by Crippen LogP contribution is -2.26. The first-order valence-corrected chi connectivity index (χ1v) is 9.59. The largest absolute Gasteiger partial charge is 0.371 e. The lowest BCUT2D eigenvalue weighted by molar-refractivity contribution is 0.363. The molecule has 0 aromatic heterocycles. The fraction of sp³-hybridized carbons (Fsp3) is 1.00. The van der Waals surface area contributed by atoms with Gasteiger partial charge in [-0.05, 0) is 0 Å². The molecular formula is C2H5Cl4O8P3. The van der Waals surface area contributed by atoms with Crippen LogP contribution >= 0.6 is 69.0 Å². The van der Waals surface area contributed by atoms with E-state index in [-0.39, 0.29) is 0 Å². The van der Waals surface area contributed by atoms with Gasteiger partial charge in [-0.1, -0.05) is 46.4 Å². The minimum absolute atomic E-state index is 3.76. The summed E-state index contributed by atoms with van der Waals surface area (Å²) in [5, 5.41) is 0. The van der Waals surface area contributed by atoms with E-state index >= 15 is 0 Å². The molecule has 0 rings (SSSR count). The van der Waals surface area contributed by atoms with Crippen molar-refractivity contribution in [2.75, 3.05) is 0 Å². The van der Waals surface area contributed by atoms with E-state index in [1.165, 1.54) is 0 Å². The van der Waals surface area contributed by atoms with Gasteiger partial charge in [0.25, 0.3) is 15.0 Å². The van der Waals surface area contributed by atoms with Gasteiger partial charge in [-0.2, -0.15) is 0 Å². The van der Waals surface area contributed by atoms with Gasteiger partial charge in [-0.3, -0.25) is 13.7 Å². The molecule has 8 nitrogen and oxygen atoms in total. The molecule has 17 heavy (non-hydrogen) atoms. The molecular weight excluding hydrogens is 387 g/mol. The monoisotopic (exact) mass is 390 g/mol. The van der Waals surface area contributed by atoms with Crippen LogP contribution in [0.15, 0.2) is 0 Å². The van der Waals surface area contributed by atoms with Crippen molar-refractivity contribution in [3.8, 4) is 0 Å². The molecule has 0 unspecified atom stereocenters. The second-order valence-electron chi connectivity index (χ2n) is 2.68. The average Bonchev–Trinajstić information content (AvgIpc) is 1.98. The van der Waals surface area contributed by atoms with Gasteiger partial charge >= 0.3 is 15.2 Å². The van der Waals surface area contributed by atoms with Crippen molar-refractivity contribution < 1.29 is 38.2 Å². The molecule has 0 spiro atoms. The normalized spacial score (nSPS) is 16.1. The van der Waals surface area contributed by atoms with Crippen LogP contribution in [0.2, 0.25) is 0 Å². The summed E-state index contributed by atoms with van der Waals surface area (Å²) in [5.41, 5.74) is 0. The fourth-order valence-electron chi connectivity index (χ4n) is 0.515. The number of hydrogen-bond acceptors (Lipinski definition) is 3. The minimum atomic E-state index is -5.81. The van der Waals surface area contributed by atoms with E-state index in [1.807, 2.05) is 0 Å². The summed E-state index contributed by atoms with van der Waals surface area (Å²) in [5.74, 6) is 0. The zero-order valence-electron chi connectivity index (χ0n) is 7.31. The van der Waals surface area contributed by atoms with E-state index in [9.17, 15) is 18.6 Å². The van der Waals surface area contributed by atoms with Crippen LogP contribution in [0.4, 0.5) is 0 Å². The Hall–Kier alpha value is 1.65. The standard InChI is InChI=1S/C2H5Cl4O8P3/c3-1(4,16(9,10)11)15(7,8)2(5,6)17(12,13)14/h(H,7,8)(H2,9,10,11)(H2,12,13,14). The van der Waals surface area contributed by atoms with Gasteiger partial charge in [0, 0.05) is 0 Å². The van der Waals surface area contributed by atoms with Crippen LogP contribution in [0.5, 0.6) is 0 Å². The topological polar surface area (TPSA) is 152 Å². The van der Waals surface area contributed by atoms with Crippen molar-refractivity contribution in [1.29, 1.82) is 0 Å². The van der Waals surface area contributed by atoms with Gasteiger partial charge in [0.05, 0.1) is 0 Å². The third kappa shape index (κ3) is 3.05. The van der Waals surface area contributed by atoms with E-state index in [0.29, 0.717) is 0 Å². The number of alkyl halides is 4. The molecule has 15 heteroatoms. The van der Waals surface area contributed by atoms with Crippen LogP contribution in [0, 0.1) is 0 Å². The smallest absolute Gasteiger partial charge is 0.339 e. The number of halogens is 4. The zero-order chi connectivity index (χ0) is 14.5. The maximum absolute atomic E-state index is 11.6. The average molecular weight is 392 g/mol. The first-order chi connectivity index (χ1) is 7.00. The summed E-state index contributed by atoms with van der Waals surface area (Å²) >= 11 is 19.9. The molecule has 0 amide bonds. The van der Waals surface area contributed by atoms with Crippen molar-refractivity contribution >= 4 is 69.0 Å². The highest BCUT2D eigenvalue weighted by Gasteiger charge is 2.72. The molecule has 5 N–H and O–H groups in total. The Balaban J connectivity index is 6.02. The predicted octanol–water partition coefficient (Wildman–Crippen LogP) is 1.79. The maximum Gasteiger partial charge on any atom is 0.371 e. The molecule has 0 radical (unpaired) electrons. The van der Waals surface area contributed by atoms with Crippen molar-refractivity contribution in [3.05, 3.63) is 0 Å². The van der Waals surface area contributed by atoms with Crippen LogP contribution in [0.3, 0.4) is 0 Å². The van der Waals surface area contributed by atoms with Crippen molar-refractivity contribution in [2.45, 2.75) is 7.63 Å². The third-order valence-electron chi connectivity index (χ3n) is 1.43. The van der Waals surface area contributed by atoms with Crippen molar-refractivity contribution in [3.63, 3.8) is 0 Å². The molecule has 0 aromatic carbocycles. The van der Waals surface area contributed by atoms with E-state index in [4.69, 9.17) is 66.0 Å². The van der Waals surface area contributed by atoms with E-state index < -0.39 is 30.2 Å². The van der Waals surface area contributed by atoms with Gasteiger partial charge < -0.3 is 24.5 Å². The second kappa shape index (κ2) is 4.88. The maximum atomic E-state index is 11.6. The van der Waals surface area contributed by atoms with Gasteiger partial charge in [0.2, 0.25) is 0 Å². The predicted molar refractivity (Wildman–Crippen MR) is 62.8 cm³/mol. The summed E-state index contributed by atoms with van der Waals surface area (Å²) in [6.45, 7) is 0. The van der Waals surface area contributed by atoms with Gasteiger partial charge in [0.15, 0.2) is 0 Å². The van der Waals surface area contributed by atoms with Crippen LogP contribution < -0.4 is 0 Å². The highest BCUT2D eigenvalue weighted by Crippen LogP contribution is 2.87. The summed E-state index contributed by atoms with van der Waals surface area (Å²) < 4.78 is 25.7. The van der Waals surface area contributed by atoms with Gasteiger partial charge in [0.1, 0.15) is 0 Å². The molecule has 0 aliphatic heterocycles. The Morgan fingerprint density at radius 1 is 0.647 bits per heavy atom. The minimum Gasteiger partial charge on any atom is -0.339 e. The fourth-order valence-corrected chi connectivity index (χ4v) is 7.55. The van der Waals surface area contributed by atoms with Crippen molar-refractivity contribution in [1.82, 2.24) is 0 Å². The van der Waals surface area contributed by atoms with E-state index in [0.717, 1.165) is 0 Å². The Kier molecular flexibility index (Phi) is 5.36. The van der Waals surface area contributed by atoms with E-state index in [2.05, 4.69) is 0 Å². The lowest BCUT2D eigenvalue weighted by atomic mass is 11.8. The Morgan fingerprint density at radius 2 is 0.824 bits per heavy atom. The molecule has 0 atom stereocenters. The zero-order valence-corrected chi connectivity index (χ0v) is 13.0. The molecule has 0 aromatic rings. The quantitative estimate of drug-likeness (QED) is 0.359. The summed E-state index contributed by atoms with van der Waals surface area (Å²) in [4.78, 5) is 43.9.